The Kier molecular flexibility index (Phi) is 4.63. The summed E-state index contributed by atoms with van der Waals surface area (Å²) in [4.78, 5) is 36.4. The van der Waals surface area contributed by atoms with Gasteiger partial charge in [-0.1, -0.05) is 11.3 Å². The Bertz CT molecular complexity index is 895. The van der Waals surface area contributed by atoms with E-state index in [0.717, 1.165) is 0 Å². The summed E-state index contributed by atoms with van der Waals surface area (Å²) in [5.41, 5.74) is 0.520. The fourth-order valence-electron chi connectivity index (χ4n) is 2.61. The second-order valence-corrected chi connectivity index (χ2v) is 7.24. The van der Waals surface area contributed by atoms with Gasteiger partial charge in [0.1, 0.15) is 12.3 Å². The van der Waals surface area contributed by atoms with Gasteiger partial charge in [0, 0.05) is 41.8 Å². The van der Waals surface area contributed by atoms with Gasteiger partial charge in [0.2, 0.25) is 5.91 Å². The molecule has 3 heterocycles. The molecule has 1 aromatic carbocycles. The van der Waals surface area contributed by atoms with Crippen molar-refractivity contribution in [2.45, 2.75) is 0 Å². The van der Waals surface area contributed by atoms with Crippen LogP contribution in [0.2, 0.25) is 0 Å². The number of anilines is 1. The van der Waals surface area contributed by atoms with Gasteiger partial charge in [-0.15, -0.1) is 11.3 Å². The Morgan fingerprint density at radius 1 is 1.04 bits per heavy atom. The maximum absolute atomic E-state index is 12.7. The van der Waals surface area contributed by atoms with E-state index in [1.54, 1.807) is 46.5 Å². The van der Waals surface area contributed by atoms with Crippen LogP contribution in [0, 0.1) is 0 Å². The molecular formula is C17H14N4O3S2. The van der Waals surface area contributed by atoms with Crippen molar-refractivity contribution in [3.8, 4) is 10.9 Å². The highest BCUT2D eigenvalue weighted by Gasteiger charge is 2.29. The average Bonchev–Trinajstić information content (AvgIpc) is 3.36. The number of nitrogens with zero attached hydrogens (tertiary/aromatic N) is 4. The molecule has 4 rings (SSSR count). The molecule has 1 saturated heterocycles. The lowest BCUT2D eigenvalue weighted by Crippen LogP contribution is -2.52. The predicted octanol–water partition coefficient (Wildman–Crippen LogP) is 2.88. The molecule has 2 aromatic heterocycles. The van der Waals surface area contributed by atoms with E-state index in [1.165, 1.54) is 22.7 Å². The van der Waals surface area contributed by atoms with Crippen molar-refractivity contribution >= 4 is 39.6 Å². The summed E-state index contributed by atoms with van der Waals surface area (Å²) in [5.74, 6) is 0.322. The zero-order valence-electron chi connectivity index (χ0n) is 13.6. The summed E-state index contributed by atoms with van der Waals surface area (Å²) >= 11 is 2.81. The van der Waals surface area contributed by atoms with E-state index < -0.39 is 0 Å². The molecule has 2 amide bonds. The second kappa shape index (κ2) is 7.22. The van der Waals surface area contributed by atoms with Gasteiger partial charge in [0.15, 0.2) is 5.13 Å². The highest BCUT2D eigenvalue weighted by atomic mass is 32.1. The van der Waals surface area contributed by atoms with Crippen LogP contribution >= 0.6 is 22.7 Å². The summed E-state index contributed by atoms with van der Waals surface area (Å²) in [6.45, 7) is 0.973. The molecule has 7 nitrogen and oxygen atoms in total. The number of thiazole rings is 2. The molecule has 1 fully saturated rings. The van der Waals surface area contributed by atoms with Gasteiger partial charge in [0.25, 0.3) is 11.1 Å². The maximum atomic E-state index is 12.7. The number of hydrogen-bond acceptors (Lipinski definition) is 7. The van der Waals surface area contributed by atoms with Crippen LogP contribution in [-0.2, 0) is 4.79 Å². The largest absolute Gasteiger partial charge is 0.431 e. The first-order chi connectivity index (χ1) is 12.7. The normalized spacial score (nSPS) is 14.5. The van der Waals surface area contributed by atoms with Crippen LogP contribution in [0.3, 0.4) is 0 Å². The van der Waals surface area contributed by atoms with Crippen molar-refractivity contribution in [2.24, 2.45) is 0 Å². The summed E-state index contributed by atoms with van der Waals surface area (Å²) in [6, 6.07) is 6.84. The molecule has 0 N–H and O–H groups in total. The maximum Gasteiger partial charge on any atom is 0.278 e. The lowest BCUT2D eigenvalue weighted by Gasteiger charge is -2.32. The van der Waals surface area contributed by atoms with Gasteiger partial charge < -0.3 is 9.64 Å². The zero-order chi connectivity index (χ0) is 17.9. The molecule has 1 aliphatic heterocycles. The summed E-state index contributed by atoms with van der Waals surface area (Å²) in [6.07, 6.45) is 3.33. The number of carbonyl (C=O) groups is 2. The standard InChI is InChI=1S/C17H14N4O3S2/c22-14-11-20(7-8-21(14)16-18-5-9-25-16)15(23)12-1-3-13(4-2-12)24-17-19-6-10-26-17/h1-6,9-10H,7-8,11H2. The first-order valence-corrected chi connectivity index (χ1v) is 9.63. The fraction of sp³-hybridized carbons (Fsp3) is 0.176. The van der Waals surface area contributed by atoms with Gasteiger partial charge in [0.05, 0.1) is 0 Å². The summed E-state index contributed by atoms with van der Waals surface area (Å²) in [7, 11) is 0. The fourth-order valence-corrected chi connectivity index (χ4v) is 3.80. The number of amides is 2. The monoisotopic (exact) mass is 386 g/mol. The minimum absolute atomic E-state index is 0.0514. The van der Waals surface area contributed by atoms with Crippen LogP contribution in [0.25, 0.3) is 0 Å². The van der Waals surface area contributed by atoms with Crippen molar-refractivity contribution in [2.75, 3.05) is 24.5 Å². The lowest BCUT2D eigenvalue weighted by atomic mass is 10.1. The number of hydrogen-bond donors (Lipinski definition) is 0. The van der Waals surface area contributed by atoms with Crippen LogP contribution in [0.4, 0.5) is 5.13 Å². The molecule has 3 aromatic rings. The highest BCUT2D eigenvalue weighted by molar-refractivity contribution is 7.13. The minimum atomic E-state index is -0.169. The molecule has 0 saturated carbocycles. The van der Waals surface area contributed by atoms with Gasteiger partial charge >= 0.3 is 0 Å². The second-order valence-electron chi connectivity index (χ2n) is 5.51. The van der Waals surface area contributed by atoms with E-state index in [9.17, 15) is 9.59 Å². The number of piperazine rings is 1. The summed E-state index contributed by atoms with van der Waals surface area (Å²) < 4.78 is 5.59. The van der Waals surface area contributed by atoms with E-state index in [0.29, 0.717) is 34.7 Å². The third kappa shape index (κ3) is 3.44. The molecular weight excluding hydrogens is 372 g/mol. The Hall–Kier alpha value is -2.78. The first-order valence-electron chi connectivity index (χ1n) is 7.87. The van der Waals surface area contributed by atoms with Crippen LogP contribution in [0.15, 0.2) is 47.4 Å². The van der Waals surface area contributed by atoms with Crippen LogP contribution < -0.4 is 9.64 Å². The molecule has 0 unspecified atom stereocenters. The third-order valence-electron chi connectivity index (χ3n) is 3.87. The molecule has 1 aliphatic rings. The highest BCUT2D eigenvalue weighted by Crippen LogP contribution is 2.24. The minimum Gasteiger partial charge on any atom is -0.431 e. The Labute approximate surface area is 157 Å². The van der Waals surface area contributed by atoms with Gasteiger partial charge in [-0.25, -0.2) is 9.97 Å². The van der Waals surface area contributed by atoms with E-state index in [2.05, 4.69) is 9.97 Å². The topological polar surface area (TPSA) is 75.6 Å². The van der Waals surface area contributed by atoms with Gasteiger partial charge in [-0.2, -0.15) is 0 Å². The van der Waals surface area contributed by atoms with Crippen molar-refractivity contribution in [1.82, 2.24) is 14.9 Å². The molecule has 26 heavy (non-hydrogen) atoms. The van der Waals surface area contributed by atoms with Crippen molar-refractivity contribution in [1.29, 1.82) is 0 Å². The van der Waals surface area contributed by atoms with Crippen LogP contribution in [0.5, 0.6) is 10.9 Å². The molecule has 9 heteroatoms. The van der Waals surface area contributed by atoms with E-state index >= 15 is 0 Å². The Balaban J connectivity index is 1.41. The smallest absolute Gasteiger partial charge is 0.278 e. The number of carbonyl (C=O) groups excluding carboxylic acids is 2. The molecule has 0 radical (unpaired) electrons. The molecule has 0 spiro atoms. The first kappa shape index (κ1) is 16.7. The zero-order valence-corrected chi connectivity index (χ0v) is 15.2. The van der Waals surface area contributed by atoms with Crippen LogP contribution in [0.1, 0.15) is 10.4 Å². The van der Waals surface area contributed by atoms with Crippen LogP contribution in [-0.4, -0.2) is 46.3 Å². The number of ether oxygens (including phenoxy) is 1. The molecule has 0 atom stereocenters. The quantitative estimate of drug-likeness (QED) is 0.689. The van der Waals surface area contributed by atoms with Crippen molar-refractivity contribution < 1.29 is 14.3 Å². The molecule has 132 valence electrons. The van der Waals surface area contributed by atoms with Gasteiger partial charge in [-0.3, -0.25) is 14.5 Å². The van der Waals surface area contributed by atoms with E-state index in [-0.39, 0.29) is 18.4 Å². The Morgan fingerprint density at radius 2 is 1.81 bits per heavy atom. The predicted molar refractivity (Wildman–Crippen MR) is 99.0 cm³/mol. The van der Waals surface area contributed by atoms with Crippen molar-refractivity contribution in [3.05, 3.63) is 53.0 Å². The number of rotatable bonds is 4. The number of aromatic nitrogens is 2. The number of benzene rings is 1. The molecule has 0 aliphatic carbocycles. The molecule has 0 bridgehead atoms. The SMILES string of the molecule is O=C(c1ccc(Oc2nccs2)cc1)N1CCN(c2nccs2)C(=O)C1. The van der Waals surface area contributed by atoms with E-state index in [4.69, 9.17) is 4.74 Å². The summed E-state index contributed by atoms with van der Waals surface area (Å²) in [5, 5.41) is 4.88. The van der Waals surface area contributed by atoms with Gasteiger partial charge in [-0.05, 0) is 24.3 Å². The lowest BCUT2D eigenvalue weighted by molar-refractivity contribution is -0.120. The average molecular weight is 386 g/mol. The van der Waals surface area contributed by atoms with Crippen molar-refractivity contribution in [3.63, 3.8) is 0 Å². The Morgan fingerprint density at radius 3 is 2.46 bits per heavy atom. The van der Waals surface area contributed by atoms with E-state index in [1.807, 2.05) is 10.8 Å². The third-order valence-corrected chi connectivity index (χ3v) is 5.32.